The van der Waals surface area contributed by atoms with Crippen LogP contribution in [-0.2, 0) is 40.1 Å². The van der Waals surface area contributed by atoms with Crippen molar-refractivity contribution in [2.75, 3.05) is 99.2 Å². The van der Waals surface area contributed by atoms with Gasteiger partial charge in [0.15, 0.2) is 5.96 Å². The number of rotatable bonds is 25. The van der Waals surface area contributed by atoms with Gasteiger partial charge in [-0.05, 0) is 62.8 Å². The second-order valence-electron chi connectivity index (χ2n) is 16.6. The van der Waals surface area contributed by atoms with E-state index < -0.39 is 55.5 Å². The van der Waals surface area contributed by atoms with Gasteiger partial charge in [-0.25, -0.2) is 0 Å². The van der Waals surface area contributed by atoms with Crippen molar-refractivity contribution in [2.24, 2.45) is 10.7 Å². The molecule has 3 atom stereocenters. The van der Waals surface area contributed by atoms with E-state index in [4.69, 9.17) is 15.6 Å². The van der Waals surface area contributed by atoms with Crippen molar-refractivity contribution < 1.29 is 68.8 Å². The van der Waals surface area contributed by atoms with Crippen molar-refractivity contribution in [1.82, 2.24) is 45.8 Å². The molecule has 0 bridgehead atoms. The number of benzene rings is 1. The average molecular weight is 994 g/mol. The van der Waals surface area contributed by atoms with E-state index in [2.05, 4.69) is 31.2 Å². The summed E-state index contributed by atoms with van der Waals surface area (Å²) in [6, 6.07) is 5.58. The average Bonchev–Trinajstić information content (AvgIpc) is 3.75. The Bertz CT molecular complexity index is 1780. The SMILES string of the molecule is CC.CN(C)C(N)=NCCCC(NC(=O)CCCN1CCN(CC(=O)O)CCN(CC(=O)O)CC1)C(=O)NCCCCC(=O)NCc1ccc(C(=O)NCC(=O)N2CC(O)CC2B(O)O)cc1.O=CO. The molecule has 0 aromatic heterocycles. The molecule has 0 radical (unpaired) electrons. The number of guanidine groups is 1. The Labute approximate surface area is 409 Å². The van der Waals surface area contributed by atoms with E-state index in [1.165, 1.54) is 0 Å². The molecule has 2 saturated heterocycles. The molecular formula is C44H76BN11O14. The normalized spacial score (nSPS) is 17.1. The molecule has 0 saturated carbocycles. The first-order chi connectivity index (χ1) is 33.3. The smallest absolute Gasteiger partial charge is 0.475 e. The van der Waals surface area contributed by atoms with Gasteiger partial charge >= 0.3 is 19.1 Å². The molecule has 2 heterocycles. The monoisotopic (exact) mass is 994 g/mol. The van der Waals surface area contributed by atoms with Crippen LogP contribution in [0, 0.1) is 0 Å². The summed E-state index contributed by atoms with van der Waals surface area (Å²) in [7, 11) is 1.71. The molecule has 2 aliphatic heterocycles. The number of amides is 5. The molecule has 1 aromatic rings. The fourth-order valence-electron chi connectivity index (χ4n) is 7.32. The molecule has 3 rings (SSSR count). The maximum Gasteiger partial charge on any atom is 0.475 e. The number of aliphatic carboxylic acids is 2. The van der Waals surface area contributed by atoms with Crippen LogP contribution in [0.25, 0.3) is 0 Å². The number of aliphatic hydroxyl groups excluding tert-OH is 1. The van der Waals surface area contributed by atoms with E-state index in [1.54, 1.807) is 53.1 Å². The van der Waals surface area contributed by atoms with Crippen LogP contribution < -0.4 is 27.0 Å². The summed E-state index contributed by atoms with van der Waals surface area (Å²) < 4.78 is 0. The number of carbonyl (C=O) groups excluding carboxylic acids is 5. The third kappa shape index (κ3) is 26.2. The summed E-state index contributed by atoms with van der Waals surface area (Å²) in [5, 5.41) is 65.4. The Morgan fingerprint density at radius 3 is 1.93 bits per heavy atom. The third-order valence-corrected chi connectivity index (χ3v) is 11.0. The van der Waals surface area contributed by atoms with E-state index in [1.807, 2.05) is 13.8 Å². The Kier molecular flexibility index (Phi) is 31.2. The molecule has 0 aliphatic carbocycles. The minimum Gasteiger partial charge on any atom is -0.483 e. The van der Waals surface area contributed by atoms with Crippen LogP contribution in [-0.4, -0.2) is 233 Å². The van der Waals surface area contributed by atoms with Gasteiger partial charge in [-0.1, -0.05) is 26.0 Å². The largest absolute Gasteiger partial charge is 0.483 e. The zero-order chi connectivity index (χ0) is 52.6. The summed E-state index contributed by atoms with van der Waals surface area (Å²) in [4.78, 5) is 108. The van der Waals surface area contributed by atoms with Gasteiger partial charge in [0, 0.05) is 97.9 Å². The van der Waals surface area contributed by atoms with Crippen molar-refractivity contribution in [3.8, 4) is 0 Å². The highest BCUT2D eigenvalue weighted by Crippen LogP contribution is 2.19. The minimum absolute atomic E-state index is 0.0230. The topological polar surface area (TPSA) is 361 Å². The number of β-amino-alcohol motifs (C(OH)–C–C–N with tert-alkyl or cyclic N) is 1. The Morgan fingerprint density at radius 1 is 0.829 bits per heavy atom. The number of carbonyl (C=O) groups is 8. The van der Waals surface area contributed by atoms with E-state index >= 15 is 0 Å². The molecule has 2 aliphatic rings. The molecule has 2 fully saturated rings. The van der Waals surface area contributed by atoms with Gasteiger partial charge in [-0.15, -0.1) is 0 Å². The minimum atomic E-state index is -1.81. The predicted molar refractivity (Wildman–Crippen MR) is 259 cm³/mol. The van der Waals surface area contributed by atoms with Gasteiger partial charge in [0.1, 0.15) is 6.04 Å². The van der Waals surface area contributed by atoms with Crippen LogP contribution >= 0.6 is 0 Å². The van der Waals surface area contributed by atoms with Gasteiger partial charge in [0.25, 0.3) is 12.4 Å². The van der Waals surface area contributed by atoms with E-state index in [0.29, 0.717) is 90.4 Å². The molecule has 70 heavy (non-hydrogen) atoms. The lowest BCUT2D eigenvalue weighted by molar-refractivity contribution is -0.140. The second kappa shape index (κ2) is 35.2. The summed E-state index contributed by atoms with van der Waals surface area (Å²) >= 11 is 0. The van der Waals surface area contributed by atoms with Gasteiger partial charge < -0.3 is 72.2 Å². The summed E-state index contributed by atoms with van der Waals surface area (Å²) in [6.07, 6.45) is 1.69. The quantitative estimate of drug-likeness (QED) is 0.0153. The van der Waals surface area contributed by atoms with Crippen LogP contribution in [0.2, 0.25) is 0 Å². The number of aliphatic hydroxyl groups is 1. The van der Waals surface area contributed by atoms with Gasteiger partial charge in [-0.2, -0.15) is 0 Å². The Hall–Kier alpha value is -5.93. The van der Waals surface area contributed by atoms with Gasteiger partial charge in [-0.3, -0.25) is 53.1 Å². The highest BCUT2D eigenvalue weighted by molar-refractivity contribution is 6.43. The lowest BCUT2D eigenvalue weighted by Crippen LogP contribution is -2.49. The number of nitrogens with zero attached hydrogens (tertiary/aromatic N) is 6. The van der Waals surface area contributed by atoms with Crippen molar-refractivity contribution in [3.63, 3.8) is 0 Å². The molecule has 3 unspecified atom stereocenters. The van der Waals surface area contributed by atoms with Crippen molar-refractivity contribution in [3.05, 3.63) is 35.4 Å². The summed E-state index contributed by atoms with van der Waals surface area (Å²) in [6.45, 7) is 7.24. The first-order valence-electron chi connectivity index (χ1n) is 23.5. The molecule has 25 nitrogen and oxygen atoms in total. The number of hydrogen-bond donors (Lipinski definition) is 11. The van der Waals surface area contributed by atoms with Crippen LogP contribution in [0.4, 0.5) is 0 Å². The number of unbranched alkanes of at least 4 members (excludes halogenated alkanes) is 1. The standard InChI is InChI=1S/C41H68BN11O12.C2H6.CH2O2/c1-49(2)41(43)45-15-5-7-32(48-35(56)9-6-16-50-17-19-51(27-37(58)59)21-22-52(20-18-50)28-38(60)61)40(63)44-14-4-3-8-34(55)46-24-29-10-12-30(13-11-29)39(62)47-25-36(57)53-26-31(54)23-33(53)42(64)65;1-2;2-1-3/h10-13,31-33,54,64-65H,3-9,14-28H2,1-2H3,(H2,43,45)(H,44,63)(H,46,55)(H,47,62)(H,48,56)(H,58,59)(H,60,61);1-2H3;1H,(H,2,3). The Balaban J connectivity index is 0.00000471. The predicted octanol–water partition coefficient (Wildman–Crippen LogP) is -2.97. The summed E-state index contributed by atoms with van der Waals surface area (Å²) in [5.41, 5.74) is 6.90. The fourth-order valence-corrected chi connectivity index (χ4v) is 7.32. The number of carboxylic acids is 2. The maximum atomic E-state index is 13.3. The number of nitrogens with two attached hydrogens (primary N) is 1. The molecule has 26 heteroatoms. The van der Waals surface area contributed by atoms with E-state index in [0.717, 1.165) is 10.5 Å². The van der Waals surface area contributed by atoms with Crippen molar-refractivity contribution >= 4 is 61.0 Å². The number of aliphatic imine (C=N–C) groups is 1. The zero-order valence-electron chi connectivity index (χ0n) is 41.0. The van der Waals surface area contributed by atoms with Gasteiger partial charge in [0.05, 0.1) is 31.7 Å². The molecular weight excluding hydrogens is 917 g/mol. The third-order valence-electron chi connectivity index (χ3n) is 11.0. The van der Waals surface area contributed by atoms with E-state index in [-0.39, 0.29) is 81.7 Å². The first-order valence-corrected chi connectivity index (χ1v) is 23.5. The van der Waals surface area contributed by atoms with Gasteiger partial charge in [0.2, 0.25) is 23.6 Å². The van der Waals surface area contributed by atoms with Crippen molar-refractivity contribution in [1.29, 1.82) is 0 Å². The number of nitrogens with one attached hydrogen (secondary N) is 4. The molecule has 394 valence electrons. The molecule has 1 aromatic carbocycles. The van der Waals surface area contributed by atoms with Crippen LogP contribution in [0.5, 0.6) is 0 Å². The highest BCUT2D eigenvalue weighted by Gasteiger charge is 2.41. The maximum absolute atomic E-state index is 13.3. The Morgan fingerprint density at radius 2 is 1.39 bits per heavy atom. The van der Waals surface area contributed by atoms with Crippen molar-refractivity contribution in [2.45, 2.75) is 89.8 Å². The fraction of sp³-hybridized carbons (Fsp3) is 0.659. The highest BCUT2D eigenvalue weighted by atomic mass is 16.4. The van der Waals surface area contributed by atoms with Crippen LogP contribution in [0.1, 0.15) is 81.1 Å². The lowest BCUT2D eigenvalue weighted by Gasteiger charge is -2.25. The second-order valence-corrected chi connectivity index (χ2v) is 16.6. The number of hydrogen-bond acceptors (Lipinski definition) is 15. The molecule has 5 amide bonds. The summed E-state index contributed by atoms with van der Waals surface area (Å²) in [5.74, 6) is -4.52. The van der Waals surface area contributed by atoms with Crippen LogP contribution in [0.3, 0.4) is 0 Å². The van der Waals surface area contributed by atoms with Crippen LogP contribution in [0.15, 0.2) is 29.3 Å². The van der Waals surface area contributed by atoms with E-state index in [9.17, 15) is 58.9 Å². The molecule has 12 N–H and O–H groups in total. The first kappa shape index (κ1) is 62.1. The molecule has 0 spiro atoms. The zero-order valence-corrected chi connectivity index (χ0v) is 41.0. The number of carboxylic acid groups (broad SMARTS) is 3. The lowest BCUT2D eigenvalue weighted by atomic mass is 9.77. The number of likely N-dealkylation sites (tertiary alicyclic amines) is 1.